The summed E-state index contributed by atoms with van der Waals surface area (Å²) in [5, 5.41) is 12.0. The van der Waals surface area contributed by atoms with Crippen molar-refractivity contribution in [3.05, 3.63) is 84.3 Å². The highest BCUT2D eigenvalue weighted by Gasteiger charge is 2.11. The van der Waals surface area contributed by atoms with E-state index < -0.39 is 9.84 Å². The van der Waals surface area contributed by atoms with Crippen molar-refractivity contribution >= 4 is 32.4 Å². The number of sulfone groups is 1. The van der Waals surface area contributed by atoms with Gasteiger partial charge in [0.25, 0.3) is 5.22 Å². The van der Waals surface area contributed by atoms with Gasteiger partial charge in [-0.05, 0) is 35.0 Å². The molecule has 4 rings (SSSR count). The number of rotatable bonds is 6. The maximum atomic E-state index is 12.2. The van der Waals surface area contributed by atoms with Crippen LogP contribution in [0.1, 0.15) is 0 Å². The summed E-state index contributed by atoms with van der Waals surface area (Å²) in [6, 6.07) is 22.3. The molecule has 0 aliphatic rings. The van der Waals surface area contributed by atoms with Gasteiger partial charge in [0.2, 0.25) is 5.89 Å². The molecule has 3 aromatic carbocycles. The van der Waals surface area contributed by atoms with E-state index in [0.717, 1.165) is 16.3 Å². The molecule has 7 heteroatoms. The van der Waals surface area contributed by atoms with Gasteiger partial charge in [0.1, 0.15) is 0 Å². The average molecular weight is 409 g/mol. The van der Waals surface area contributed by atoms with Gasteiger partial charge >= 0.3 is 0 Å². The van der Waals surface area contributed by atoms with Crippen LogP contribution in [-0.2, 0) is 9.84 Å². The molecule has 0 spiro atoms. The summed E-state index contributed by atoms with van der Waals surface area (Å²) in [4.78, 5) is 0.271. The molecule has 0 N–H and O–H groups in total. The van der Waals surface area contributed by atoms with E-state index in [-0.39, 0.29) is 4.90 Å². The second kappa shape index (κ2) is 8.00. The average Bonchev–Trinajstić information content (AvgIpc) is 3.20. The first-order chi connectivity index (χ1) is 13.6. The SMILES string of the molecule is O=S(=O)(C=CCSc1nnc(-c2ccc3ccccc3c2)o1)c1ccccc1. The zero-order valence-electron chi connectivity index (χ0n) is 14.7. The summed E-state index contributed by atoms with van der Waals surface area (Å²) in [5.74, 6) is 0.847. The van der Waals surface area contributed by atoms with Crippen LogP contribution in [0.25, 0.3) is 22.2 Å². The van der Waals surface area contributed by atoms with Gasteiger partial charge in [0.05, 0.1) is 4.90 Å². The normalized spacial score (nSPS) is 12.0. The van der Waals surface area contributed by atoms with Crippen LogP contribution in [0.5, 0.6) is 0 Å². The van der Waals surface area contributed by atoms with Gasteiger partial charge in [0.15, 0.2) is 9.84 Å². The second-order valence-electron chi connectivity index (χ2n) is 5.98. The Kier molecular flexibility index (Phi) is 5.27. The molecule has 28 heavy (non-hydrogen) atoms. The minimum absolute atomic E-state index is 0.271. The van der Waals surface area contributed by atoms with Crippen molar-refractivity contribution in [3.63, 3.8) is 0 Å². The summed E-state index contributed by atoms with van der Waals surface area (Å²) in [5.41, 5.74) is 0.847. The summed E-state index contributed by atoms with van der Waals surface area (Å²) in [6.07, 6.45) is 1.58. The lowest BCUT2D eigenvalue weighted by molar-refractivity contribution is 0.466. The fourth-order valence-corrected chi connectivity index (χ4v) is 4.42. The fraction of sp³-hybridized carbons (Fsp3) is 0.0476. The van der Waals surface area contributed by atoms with Crippen molar-refractivity contribution in [2.24, 2.45) is 0 Å². The van der Waals surface area contributed by atoms with E-state index >= 15 is 0 Å². The second-order valence-corrected chi connectivity index (χ2v) is 8.78. The minimum atomic E-state index is -3.43. The Morgan fingerprint density at radius 1 is 0.893 bits per heavy atom. The Balaban J connectivity index is 1.42. The zero-order chi connectivity index (χ0) is 19.4. The zero-order valence-corrected chi connectivity index (χ0v) is 16.4. The number of hydrogen-bond donors (Lipinski definition) is 0. The van der Waals surface area contributed by atoms with Crippen LogP contribution < -0.4 is 0 Å². The number of aromatic nitrogens is 2. The number of hydrogen-bond acceptors (Lipinski definition) is 6. The van der Waals surface area contributed by atoms with Crippen molar-refractivity contribution < 1.29 is 12.8 Å². The Labute approximate surface area is 167 Å². The smallest absolute Gasteiger partial charge is 0.277 e. The van der Waals surface area contributed by atoms with Gasteiger partial charge in [-0.1, -0.05) is 66.4 Å². The Hall–Kier alpha value is -2.90. The van der Waals surface area contributed by atoms with Crippen molar-refractivity contribution in [1.82, 2.24) is 10.2 Å². The van der Waals surface area contributed by atoms with Crippen molar-refractivity contribution in [2.75, 3.05) is 5.75 Å². The van der Waals surface area contributed by atoms with Gasteiger partial charge in [0, 0.05) is 16.7 Å². The predicted octanol–water partition coefficient (Wildman–Crippen LogP) is 4.97. The fourth-order valence-electron chi connectivity index (χ4n) is 2.68. The van der Waals surface area contributed by atoms with E-state index in [1.54, 1.807) is 36.4 Å². The van der Waals surface area contributed by atoms with Crippen molar-refractivity contribution in [3.8, 4) is 11.5 Å². The van der Waals surface area contributed by atoms with E-state index in [1.807, 2.05) is 42.5 Å². The molecule has 0 saturated carbocycles. The Morgan fingerprint density at radius 2 is 1.64 bits per heavy atom. The van der Waals surface area contributed by atoms with Crippen LogP contribution in [0.3, 0.4) is 0 Å². The Morgan fingerprint density at radius 3 is 2.46 bits per heavy atom. The third-order valence-electron chi connectivity index (χ3n) is 4.05. The molecule has 0 aliphatic carbocycles. The van der Waals surface area contributed by atoms with Crippen LogP contribution in [0.2, 0.25) is 0 Å². The monoisotopic (exact) mass is 408 g/mol. The third-order valence-corrected chi connectivity index (χ3v) is 6.30. The maximum Gasteiger partial charge on any atom is 0.277 e. The molecular weight excluding hydrogens is 392 g/mol. The molecule has 1 aromatic heterocycles. The predicted molar refractivity (Wildman–Crippen MR) is 111 cm³/mol. The number of nitrogens with zero attached hydrogens (tertiary/aromatic N) is 2. The molecular formula is C21H16N2O3S2. The van der Waals surface area contributed by atoms with Crippen molar-refractivity contribution in [2.45, 2.75) is 10.1 Å². The summed E-state index contributed by atoms with van der Waals surface area (Å²) < 4.78 is 30.1. The molecule has 4 aromatic rings. The van der Waals surface area contributed by atoms with Gasteiger partial charge in [-0.3, -0.25) is 0 Å². The summed E-state index contributed by atoms with van der Waals surface area (Å²) >= 11 is 1.28. The van der Waals surface area contributed by atoms with Crippen LogP contribution in [0.15, 0.2) is 98.8 Å². The number of benzene rings is 3. The van der Waals surface area contributed by atoms with Gasteiger partial charge in [-0.2, -0.15) is 0 Å². The van der Waals surface area contributed by atoms with Crippen LogP contribution in [0, 0.1) is 0 Å². The highest BCUT2D eigenvalue weighted by Crippen LogP contribution is 2.26. The molecule has 0 bridgehead atoms. The Bertz CT molecular complexity index is 1230. The summed E-state index contributed by atoms with van der Waals surface area (Å²) in [6.45, 7) is 0. The standard InChI is InChI=1S/C21H16N2O3S2/c24-28(25,19-9-2-1-3-10-19)14-6-13-27-21-23-22-20(26-21)18-12-11-16-7-4-5-8-17(16)15-18/h1-12,14-15H,13H2. The van der Waals surface area contributed by atoms with E-state index in [2.05, 4.69) is 10.2 Å². The molecule has 5 nitrogen and oxygen atoms in total. The van der Waals surface area contributed by atoms with Crippen LogP contribution >= 0.6 is 11.8 Å². The minimum Gasteiger partial charge on any atom is -0.411 e. The maximum absolute atomic E-state index is 12.2. The van der Waals surface area contributed by atoms with Crippen LogP contribution in [0.4, 0.5) is 0 Å². The first-order valence-corrected chi connectivity index (χ1v) is 11.1. The van der Waals surface area contributed by atoms with Crippen molar-refractivity contribution in [1.29, 1.82) is 0 Å². The molecule has 0 fully saturated rings. The largest absolute Gasteiger partial charge is 0.411 e. The van der Waals surface area contributed by atoms with E-state index in [9.17, 15) is 8.42 Å². The quantitative estimate of drug-likeness (QED) is 0.420. The first-order valence-electron chi connectivity index (χ1n) is 8.54. The van der Waals surface area contributed by atoms with E-state index in [4.69, 9.17) is 4.42 Å². The molecule has 1 heterocycles. The molecule has 0 atom stereocenters. The number of thioether (sulfide) groups is 1. The topological polar surface area (TPSA) is 73.1 Å². The third kappa shape index (κ3) is 4.16. The van der Waals surface area contributed by atoms with E-state index in [1.165, 1.54) is 17.2 Å². The molecule has 0 aliphatic heterocycles. The highest BCUT2D eigenvalue weighted by atomic mass is 32.2. The molecule has 140 valence electrons. The van der Waals surface area contributed by atoms with Gasteiger partial charge in [-0.25, -0.2) is 8.42 Å². The lowest BCUT2D eigenvalue weighted by Crippen LogP contribution is -1.95. The lowest BCUT2D eigenvalue weighted by Gasteiger charge is -1.99. The number of fused-ring (bicyclic) bond motifs is 1. The first kappa shape index (κ1) is 18.5. The van der Waals surface area contributed by atoms with Crippen LogP contribution in [-0.4, -0.2) is 24.4 Å². The highest BCUT2D eigenvalue weighted by molar-refractivity contribution is 7.99. The molecule has 0 saturated heterocycles. The molecule has 0 unspecified atom stereocenters. The molecule has 0 amide bonds. The molecule has 0 radical (unpaired) electrons. The summed E-state index contributed by atoms with van der Waals surface area (Å²) in [7, 11) is -3.43. The van der Waals surface area contributed by atoms with Gasteiger partial charge < -0.3 is 4.42 Å². The van der Waals surface area contributed by atoms with E-state index in [0.29, 0.717) is 16.9 Å². The van der Waals surface area contributed by atoms with Gasteiger partial charge in [-0.15, -0.1) is 10.2 Å². The lowest BCUT2D eigenvalue weighted by atomic mass is 10.1.